The minimum Gasteiger partial charge on any atom is -0.444 e. The van der Waals surface area contributed by atoms with Crippen LogP contribution in [0.4, 0.5) is 11.5 Å². The molecule has 4 saturated carbocycles. The predicted molar refractivity (Wildman–Crippen MR) is 103 cm³/mol. The molecule has 5 nitrogen and oxygen atoms in total. The molecule has 0 radical (unpaired) electrons. The van der Waals surface area contributed by atoms with E-state index in [-0.39, 0.29) is 17.2 Å². The summed E-state index contributed by atoms with van der Waals surface area (Å²) in [4.78, 5) is 16.7. The van der Waals surface area contributed by atoms with E-state index in [4.69, 9.17) is 4.42 Å². The second-order valence-corrected chi connectivity index (χ2v) is 9.09. The standard InChI is InChI=1S/C20H22BrN3O2/c21-17-3-2-16(26-17)19(25)23-15-1-4-18(22-11-15)24-20-8-12-5-13(9-20)7-14(6-12)10-20/h1-4,11-14H,5-10H2,(H,22,24)(H,23,25). The lowest BCUT2D eigenvalue weighted by atomic mass is 9.53. The molecule has 6 rings (SSSR count). The van der Waals surface area contributed by atoms with Gasteiger partial charge in [-0.15, -0.1) is 0 Å². The first-order chi connectivity index (χ1) is 12.6. The summed E-state index contributed by atoms with van der Waals surface area (Å²) in [6, 6.07) is 7.19. The molecule has 136 valence electrons. The maximum atomic E-state index is 12.1. The Bertz CT molecular complexity index is 795. The van der Waals surface area contributed by atoms with E-state index in [2.05, 4.69) is 31.5 Å². The highest BCUT2D eigenvalue weighted by Gasteiger charge is 2.51. The van der Waals surface area contributed by atoms with Crippen molar-refractivity contribution < 1.29 is 9.21 Å². The van der Waals surface area contributed by atoms with Crippen molar-refractivity contribution in [2.24, 2.45) is 17.8 Å². The Morgan fingerprint density at radius 2 is 1.77 bits per heavy atom. The second kappa shape index (κ2) is 6.12. The number of carbonyl (C=O) groups is 1. The summed E-state index contributed by atoms with van der Waals surface area (Å²) >= 11 is 3.20. The maximum absolute atomic E-state index is 12.1. The number of nitrogens with zero attached hydrogens (tertiary/aromatic N) is 1. The summed E-state index contributed by atoms with van der Waals surface area (Å²) in [5.41, 5.74) is 0.908. The van der Waals surface area contributed by atoms with Crippen LogP contribution in [0.5, 0.6) is 0 Å². The summed E-state index contributed by atoms with van der Waals surface area (Å²) in [6.45, 7) is 0. The van der Waals surface area contributed by atoms with E-state index in [1.807, 2.05) is 12.1 Å². The molecule has 4 bridgehead atoms. The van der Waals surface area contributed by atoms with Gasteiger partial charge < -0.3 is 15.1 Å². The number of pyridine rings is 1. The Morgan fingerprint density at radius 3 is 2.31 bits per heavy atom. The van der Waals surface area contributed by atoms with Crippen LogP contribution in [0, 0.1) is 17.8 Å². The van der Waals surface area contributed by atoms with E-state index < -0.39 is 0 Å². The number of hydrogen-bond acceptors (Lipinski definition) is 4. The molecule has 4 aliphatic carbocycles. The Labute approximate surface area is 161 Å². The molecule has 0 aliphatic heterocycles. The molecule has 0 spiro atoms. The maximum Gasteiger partial charge on any atom is 0.291 e. The average molecular weight is 416 g/mol. The number of carbonyl (C=O) groups excluding carboxylic acids is 1. The molecule has 4 fully saturated rings. The fourth-order valence-corrected chi connectivity index (χ4v) is 6.01. The Kier molecular flexibility index (Phi) is 3.85. The van der Waals surface area contributed by atoms with Gasteiger partial charge in [-0.25, -0.2) is 4.98 Å². The summed E-state index contributed by atoms with van der Waals surface area (Å²) in [7, 11) is 0. The first-order valence-corrected chi connectivity index (χ1v) is 10.2. The highest BCUT2D eigenvalue weighted by atomic mass is 79.9. The van der Waals surface area contributed by atoms with Crippen molar-refractivity contribution in [2.45, 2.75) is 44.1 Å². The summed E-state index contributed by atoms with van der Waals surface area (Å²) < 4.78 is 5.81. The molecule has 1 amide bonds. The minimum absolute atomic E-state index is 0.243. The highest BCUT2D eigenvalue weighted by Crippen LogP contribution is 2.56. The third-order valence-electron chi connectivity index (χ3n) is 6.25. The third kappa shape index (κ3) is 3.04. The van der Waals surface area contributed by atoms with Gasteiger partial charge in [0.15, 0.2) is 10.4 Å². The van der Waals surface area contributed by atoms with Crippen LogP contribution in [0.3, 0.4) is 0 Å². The van der Waals surface area contributed by atoms with Crippen molar-refractivity contribution in [3.05, 3.63) is 40.9 Å². The van der Waals surface area contributed by atoms with E-state index in [0.717, 1.165) is 23.6 Å². The molecule has 6 heteroatoms. The largest absolute Gasteiger partial charge is 0.444 e. The Hall–Kier alpha value is -1.82. The van der Waals surface area contributed by atoms with Gasteiger partial charge in [-0.1, -0.05) is 0 Å². The summed E-state index contributed by atoms with van der Waals surface area (Å²) in [5, 5.41) is 6.57. The second-order valence-electron chi connectivity index (χ2n) is 8.31. The van der Waals surface area contributed by atoms with Gasteiger partial charge in [0.05, 0.1) is 11.9 Å². The van der Waals surface area contributed by atoms with E-state index in [9.17, 15) is 4.79 Å². The van der Waals surface area contributed by atoms with E-state index in [0.29, 0.717) is 10.4 Å². The van der Waals surface area contributed by atoms with Crippen molar-refractivity contribution in [1.82, 2.24) is 4.98 Å². The van der Waals surface area contributed by atoms with Crippen molar-refractivity contribution in [3.8, 4) is 0 Å². The molecule has 2 aromatic rings. The third-order valence-corrected chi connectivity index (χ3v) is 6.68. The van der Waals surface area contributed by atoms with Crippen LogP contribution in [-0.2, 0) is 0 Å². The molecule has 26 heavy (non-hydrogen) atoms. The molecule has 4 aliphatic rings. The van der Waals surface area contributed by atoms with Crippen LogP contribution < -0.4 is 10.6 Å². The predicted octanol–water partition coefficient (Wildman–Crippen LogP) is 5.07. The lowest BCUT2D eigenvalue weighted by Crippen LogP contribution is -2.54. The van der Waals surface area contributed by atoms with Crippen molar-refractivity contribution in [1.29, 1.82) is 0 Å². The zero-order chi connectivity index (χ0) is 17.7. The first kappa shape index (κ1) is 16.4. The van der Waals surface area contributed by atoms with Gasteiger partial charge in [-0.3, -0.25) is 4.79 Å². The zero-order valence-electron chi connectivity index (χ0n) is 14.5. The van der Waals surface area contributed by atoms with Crippen LogP contribution in [0.1, 0.15) is 49.1 Å². The molecular weight excluding hydrogens is 394 g/mol. The molecule has 2 heterocycles. The monoisotopic (exact) mass is 415 g/mol. The van der Waals surface area contributed by atoms with Crippen LogP contribution >= 0.6 is 15.9 Å². The fourth-order valence-electron chi connectivity index (χ4n) is 5.71. The van der Waals surface area contributed by atoms with Crippen LogP contribution in [0.25, 0.3) is 0 Å². The van der Waals surface area contributed by atoms with Crippen molar-refractivity contribution in [2.75, 3.05) is 10.6 Å². The molecule has 0 unspecified atom stereocenters. The lowest BCUT2D eigenvalue weighted by Gasteiger charge is -2.57. The van der Waals surface area contributed by atoms with Gasteiger partial charge in [0.2, 0.25) is 0 Å². The zero-order valence-corrected chi connectivity index (χ0v) is 16.1. The molecular formula is C20H22BrN3O2. The smallest absolute Gasteiger partial charge is 0.291 e. The van der Waals surface area contributed by atoms with Crippen LogP contribution in [0.15, 0.2) is 39.5 Å². The van der Waals surface area contributed by atoms with Gasteiger partial charge >= 0.3 is 0 Å². The number of halogens is 1. The highest BCUT2D eigenvalue weighted by molar-refractivity contribution is 9.10. The minimum atomic E-state index is -0.278. The van der Waals surface area contributed by atoms with E-state index >= 15 is 0 Å². The van der Waals surface area contributed by atoms with Gasteiger partial charge in [-0.2, -0.15) is 0 Å². The fraction of sp³-hybridized carbons (Fsp3) is 0.500. The van der Waals surface area contributed by atoms with E-state index in [1.54, 1.807) is 18.3 Å². The van der Waals surface area contributed by atoms with Gasteiger partial charge in [0.25, 0.3) is 5.91 Å². The topological polar surface area (TPSA) is 67.2 Å². The number of rotatable bonds is 4. The molecule has 0 aromatic carbocycles. The molecule has 0 saturated heterocycles. The van der Waals surface area contributed by atoms with Crippen molar-refractivity contribution in [3.63, 3.8) is 0 Å². The first-order valence-electron chi connectivity index (χ1n) is 9.38. The normalized spacial score (nSPS) is 31.8. The molecule has 2 aromatic heterocycles. The number of amides is 1. The number of furan rings is 1. The van der Waals surface area contributed by atoms with Crippen molar-refractivity contribution >= 4 is 33.3 Å². The Balaban J connectivity index is 1.26. The van der Waals surface area contributed by atoms with E-state index in [1.165, 1.54) is 38.5 Å². The number of hydrogen-bond donors (Lipinski definition) is 2. The average Bonchev–Trinajstić information content (AvgIpc) is 3.02. The van der Waals surface area contributed by atoms with Gasteiger partial charge in [0.1, 0.15) is 5.82 Å². The Morgan fingerprint density at radius 1 is 1.08 bits per heavy atom. The lowest BCUT2D eigenvalue weighted by molar-refractivity contribution is 0.0105. The van der Waals surface area contributed by atoms with Gasteiger partial charge in [0, 0.05) is 5.54 Å². The summed E-state index contributed by atoms with van der Waals surface area (Å²) in [6.07, 6.45) is 9.86. The molecule has 2 N–H and O–H groups in total. The van der Waals surface area contributed by atoms with Crippen LogP contribution in [-0.4, -0.2) is 16.4 Å². The van der Waals surface area contributed by atoms with Crippen LogP contribution in [0.2, 0.25) is 0 Å². The quantitative estimate of drug-likeness (QED) is 0.731. The molecule has 0 atom stereocenters. The summed E-state index contributed by atoms with van der Waals surface area (Å²) in [5.74, 6) is 3.61. The van der Waals surface area contributed by atoms with Gasteiger partial charge in [-0.05, 0) is 96.5 Å². The number of aromatic nitrogens is 1. The SMILES string of the molecule is O=C(Nc1ccc(NC23CC4CC(CC(C4)C2)C3)nc1)c1ccc(Br)o1. The number of anilines is 2. The number of nitrogens with one attached hydrogen (secondary N) is 2.